The second-order valence-electron chi connectivity index (χ2n) is 5.68. The Balaban J connectivity index is 2.04. The number of nitrogens with zero attached hydrogens (tertiary/aromatic N) is 1. The predicted molar refractivity (Wildman–Crippen MR) is 83.1 cm³/mol. The summed E-state index contributed by atoms with van der Waals surface area (Å²) < 4.78 is 0. The van der Waals surface area contributed by atoms with Gasteiger partial charge in [-0.15, -0.1) is 11.3 Å². The van der Waals surface area contributed by atoms with Crippen LogP contribution in [0.1, 0.15) is 41.8 Å². The van der Waals surface area contributed by atoms with E-state index >= 15 is 0 Å². The molecule has 0 aliphatic heterocycles. The van der Waals surface area contributed by atoms with Crippen LogP contribution in [0.3, 0.4) is 0 Å². The number of thiazole rings is 1. The fourth-order valence-electron chi connectivity index (χ4n) is 1.70. The zero-order chi connectivity index (χ0) is 14.8. The SMILES string of the molecule is CC(C)(C)c1csc(CNc2cccc(C(N)=O)c2)n1. The molecule has 0 bridgehead atoms. The summed E-state index contributed by atoms with van der Waals surface area (Å²) in [5, 5.41) is 6.38. The van der Waals surface area contributed by atoms with Gasteiger partial charge in [-0.3, -0.25) is 4.79 Å². The van der Waals surface area contributed by atoms with E-state index in [1.165, 1.54) is 0 Å². The van der Waals surface area contributed by atoms with Crippen LogP contribution in [0.25, 0.3) is 0 Å². The molecule has 1 heterocycles. The Morgan fingerprint density at radius 2 is 2.15 bits per heavy atom. The third kappa shape index (κ3) is 3.57. The third-order valence-electron chi connectivity index (χ3n) is 2.91. The van der Waals surface area contributed by atoms with Crippen molar-refractivity contribution < 1.29 is 4.79 Å². The van der Waals surface area contributed by atoms with Gasteiger partial charge in [0.1, 0.15) is 5.01 Å². The van der Waals surface area contributed by atoms with Gasteiger partial charge in [-0.25, -0.2) is 4.98 Å². The monoisotopic (exact) mass is 289 g/mol. The number of carbonyl (C=O) groups excluding carboxylic acids is 1. The lowest BCUT2D eigenvalue weighted by atomic mass is 9.93. The maximum absolute atomic E-state index is 11.1. The minimum atomic E-state index is -0.419. The predicted octanol–water partition coefficient (Wildman–Crippen LogP) is 3.15. The standard InChI is InChI=1S/C15H19N3OS/c1-15(2,3)12-9-20-13(18-12)8-17-11-6-4-5-10(7-11)14(16)19/h4-7,9,17H,8H2,1-3H3,(H2,16,19). The molecule has 0 saturated heterocycles. The van der Waals surface area contributed by atoms with Crippen LogP contribution in [-0.4, -0.2) is 10.9 Å². The molecule has 0 atom stereocenters. The molecule has 0 unspecified atom stereocenters. The summed E-state index contributed by atoms with van der Waals surface area (Å²) in [6.07, 6.45) is 0. The number of aromatic nitrogens is 1. The first kappa shape index (κ1) is 14.5. The van der Waals surface area contributed by atoms with Gasteiger partial charge in [0.25, 0.3) is 0 Å². The first-order chi connectivity index (χ1) is 9.36. The Morgan fingerprint density at radius 3 is 2.75 bits per heavy atom. The van der Waals surface area contributed by atoms with E-state index in [1.54, 1.807) is 23.5 Å². The lowest BCUT2D eigenvalue weighted by molar-refractivity contribution is 0.100. The van der Waals surface area contributed by atoms with Crippen LogP contribution < -0.4 is 11.1 Å². The normalized spacial score (nSPS) is 11.3. The van der Waals surface area contributed by atoms with E-state index < -0.39 is 5.91 Å². The number of nitrogens with one attached hydrogen (secondary N) is 1. The summed E-state index contributed by atoms with van der Waals surface area (Å²) in [5.74, 6) is -0.419. The molecule has 106 valence electrons. The fourth-order valence-corrected chi connectivity index (χ4v) is 2.66. The molecule has 4 nitrogen and oxygen atoms in total. The molecule has 1 aromatic carbocycles. The van der Waals surface area contributed by atoms with E-state index in [4.69, 9.17) is 5.73 Å². The van der Waals surface area contributed by atoms with Gasteiger partial charge in [-0.2, -0.15) is 0 Å². The van der Waals surface area contributed by atoms with Crippen molar-refractivity contribution in [3.63, 3.8) is 0 Å². The van der Waals surface area contributed by atoms with E-state index in [0.29, 0.717) is 12.1 Å². The molecule has 0 saturated carbocycles. The van der Waals surface area contributed by atoms with E-state index in [2.05, 4.69) is 36.5 Å². The van der Waals surface area contributed by atoms with Gasteiger partial charge in [0.2, 0.25) is 5.91 Å². The summed E-state index contributed by atoms with van der Waals surface area (Å²) in [6, 6.07) is 7.17. The minimum absolute atomic E-state index is 0.0701. The number of carbonyl (C=O) groups is 1. The molecular weight excluding hydrogens is 270 g/mol. The highest BCUT2D eigenvalue weighted by molar-refractivity contribution is 7.09. The minimum Gasteiger partial charge on any atom is -0.379 e. The molecule has 5 heteroatoms. The van der Waals surface area contributed by atoms with E-state index in [0.717, 1.165) is 16.4 Å². The average molecular weight is 289 g/mol. The third-order valence-corrected chi connectivity index (χ3v) is 3.76. The van der Waals surface area contributed by atoms with Crippen molar-refractivity contribution in [3.05, 3.63) is 45.9 Å². The first-order valence-electron chi connectivity index (χ1n) is 6.45. The molecule has 1 amide bonds. The van der Waals surface area contributed by atoms with Gasteiger partial charge >= 0.3 is 0 Å². The first-order valence-corrected chi connectivity index (χ1v) is 7.33. The Bertz CT molecular complexity index is 614. The zero-order valence-electron chi connectivity index (χ0n) is 11.9. The number of rotatable bonds is 4. The molecule has 0 aliphatic rings. The smallest absolute Gasteiger partial charge is 0.248 e. The quantitative estimate of drug-likeness (QED) is 0.908. The highest BCUT2D eigenvalue weighted by Crippen LogP contribution is 2.24. The largest absolute Gasteiger partial charge is 0.379 e. The molecule has 3 N–H and O–H groups in total. The zero-order valence-corrected chi connectivity index (χ0v) is 12.8. The van der Waals surface area contributed by atoms with E-state index in [-0.39, 0.29) is 5.41 Å². The summed E-state index contributed by atoms with van der Waals surface area (Å²) in [5.41, 5.74) is 7.81. The second-order valence-corrected chi connectivity index (χ2v) is 6.62. The Hall–Kier alpha value is -1.88. The van der Waals surface area contributed by atoms with Crippen LogP contribution in [0, 0.1) is 0 Å². The number of nitrogens with two attached hydrogens (primary N) is 1. The van der Waals surface area contributed by atoms with E-state index in [1.807, 2.05) is 12.1 Å². The molecule has 0 fully saturated rings. The van der Waals surface area contributed by atoms with Crippen molar-refractivity contribution in [3.8, 4) is 0 Å². The lowest BCUT2D eigenvalue weighted by Gasteiger charge is -2.14. The molecule has 0 aliphatic carbocycles. The molecule has 2 aromatic rings. The van der Waals surface area contributed by atoms with Gasteiger partial charge in [0.15, 0.2) is 0 Å². The summed E-state index contributed by atoms with van der Waals surface area (Å²) in [4.78, 5) is 15.7. The fraction of sp³-hybridized carbons (Fsp3) is 0.333. The van der Waals surface area contributed by atoms with Crippen molar-refractivity contribution in [1.29, 1.82) is 0 Å². The molecule has 0 spiro atoms. The highest BCUT2D eigenvalue weighted by Gasteiger charge is 2.17. The van der Waals surface area contributed by atoms with Gasteiger partial charge in [-0.05, 0) is 18.2 Å². The summed E-state index contributed by atoms with van der Waals surface area (Å²) in [6.45, 7) is 7.09. The highest BCUT2D eigenvalue weighted by atomic mass is 32.1. The summed E-state index contributed by atoms with van der Waals surface area (Å²) >= 11 is 1.64. The average Bonchev–Trinajstić information content (AvgIpc) is 2.85. The van der Waals surface area contributed by atoms with Crippen molar-refractivity contribution >= 4 is 22.9 Å². The number of hydrogen-bond donors (Lipinski definition) is 2. The molecule has 20 heavy (non-hydrogen) atoms. The van der Waals surface area contributed by atoms with Crippen LogP contribution in [0.2, 0.25) is 0 Å². The Kier molecular flexibility index (Phi) is 4.09. The number of primary amides is 1. The number of anilines is 1. The molecule has 1 aromatic heterocycles. The van der Waals surface area contributed by atoms with Gasteiger partial charge in [0.05, 0.1) is 12.2 Å². The van der Waals surface area contributed by atoms with E-state index in [9.17, 15) is 4.79 Å². The summed E-state index contributed by atoms with van der Waals surface area (Å²) in [7, 11) is 0. The maximum atomic E-state index is 11.1. The topological polar surface area (TPSA) is 68.0 Å². The van der Waals surface area contributed by atoms with Gasteiger partial charge in [-0.1, -0.05) is 26.8 Å². The molecule has 0 radical (unpaired) electrons. The van der Waals surface area contributed by atoms with Crippen molar-refractivity contribution in [2.24, 2.45) is 5.73 Å². The maximum Gasteiger partial charge on any atom is 0.248 e. The van der Waals surface area contributed by atoms with Crippen LogP contribution in [0.4, 0.5) is 5.69 Å². The Morgan fingerprint density at radius 1 is 1.40 bits per heavy atom. The van der Waals surface area contributed by atoms with Crippen molar-refractivity contribution in [2.45, 2.75) is 32.7 Å². The van der Waals surface area contributed by atoms with Crippen LogP contribution in [-0.2, 0) is 12.0 Å². The van der Waals surface area contributed by atoms with Crippen LogP contribution in [0.15, 0.2) is 29.6 Å². The number of benzene rings is 1. The Labute approximate surface area is 123 Å². The van der Waals surface area contributed by atoms with Crippen LogP contribution >= 0.6 is 11.3 Å². The van der Waals surface area contributed by atoms with Crippen molar-refractivity contribution in [1.82, 2.24) is 4.98 Å². The van der Waals surface area contributed by atoms with Crippen molar-refractivity contribution in [2.75, 3.05) is 5.32 Å². The second kappa shape index (κ2) is 5.63. The number of amides is 1. The number of hydrogen-bond acceptors (Lipinski definition) is 4. The van der Waals surface area contributed by atoms with Gasteiger partial charge < -0.3 is 11.1 Å². The molecular formula is C15H19N3OS. The molecule has 2 rings (SSSR count). The van der Waals surface area contributed by atoms with Gasteiger partial charge in [0, 0.05) is 22.0 Å². The van der Waals surface area contributed by atoms with Crippen LogP contribution in [0.5, 0.6) is 0 Å². The lowest BCUT2D eigenvalue weighted by Crippen LogP contribution is -2.12.